The van der Waals surface area contributed by atoms with Gasteiger partial charge in [0.15, 0.2) is 6.10 Å². The summed E-state index contributed by atoms with van der Waals surface area (Å²) < 4.78 is 16.8. The minimum absolute atomic E-state index is 0.101. The Hall–Kier alpha value is -3.41. The fourth-order valence-corrected chi connectivity index (χ4v) is 8.00. The van der Waals surface area contributed by atoms with Gasteiger partial charge in [-0.25, -0.2) is 0 Å². The lowest BCUT2D eigenvalue weighted by Crippen LogP contribution is -2.30. The summed E-state index contributed by atoms with van der Waals surface area (Å²) >= 11 is 0. The molecule has 0 bridgehead atoms. The Labute approximate surface area is 426 Å². The van der Waals surface area contributed by atoms with Gasteiger partial charge in [-0.2, -0.15) is 0 Å². The summed E-state index contributed by atoms with van der Waals surface area (Å²) in [6.45, 7) is 6.47. The lowest BCUT2D eigenvalue weighted by molar-refractivity contribution is -0.167. The number of hydrogen-bond donors (Lipinski definition) is 0. The third-order valence-corrected chi connectivity index (χ3v) is 12.4. The van der Waals surface area contributed by atoms with Crippen LogP contribution in [-0.2, 0) is 28.6 Å². The van der Waals surface area contributed by atoms with Gasteiger partial charge in [-0.15, -0.1) is 0 Å². The molecule has 0 spiro atoms. The second-order valence-corrected chi connectivity index (χ2v) is 19.2. The van der Waals surface area contributed by atoms with Crippen molar-refractivity contribution < 1.29 is 28.6 Å². The van der Waals surface area contributed by atoms with Gasteiger partial charge in [0, 0.05) is 19.3 Å². The minimum atomic E-state index is -0.809. The first-order chi connectivity index (χ1) is 34.0. The van der Waals surface area contributed by atoms with Crippen molar-refractivity contribution in [1.82, 2.24) is 0 Å². The van der Waals surface area contributed by atoms with E-state index in [0.29, 0.717) is 19.3 Å². The summed E-state index contributed by atoms with van der Waals surface area (Å²) in [7, 11) is 0. The van der Waals surface area contributed by atoms with Crippen LogP contribution in [0.4, 0.5) is 0 Å². The van der Waals surface area contributed by atoms with Crippen LogP contribution < -0.4 is 0 Å². The van der Waals surface area contributed by atoms with Crippen LogP contribution in [0.3, 0.4) is 0 Å². The van der Waals surface area contributed by atoms with E-state index in [1.54, 1.807) is 0 Å². The van der Waals surface area contributed by atoms with Gasteiger partial charge < -0.3 is 14.2 Å². The van der Waals surface area contributed by atoms with E-state index in [4.69, 9.17) is 14.2 Å². The zero-order valence-corrected chi connectivity index (χ0v) is 45.3. The van der Waals surface area contributed by atoms with Crippen molar-refractivity contribution in [3.05, 3.63) is 85.1 Å². The van der Waals surface area contributed by atoms with Crippen molar-refractivity contribution in [1.29, 1.82) is 0 Å². The number of carbonyl (C=O) groups is 3. The van der Waals surface area contributed by atoms with Crippen LogP contribution in [0.1, 0.15) is 278 Å². The van der Waals surface area contributed by atoms with Crippen molar-refractivity contribution >= 4 is 17.9 Å². The van der Waals surface area contributed by atoms with Crippen molar-refractivity contribution in [2.24, 2.45) is 0 Å². The fourth-order valence-electron chi connectivity index (χ4n) is 8.00. The van der Waals surface area contributed by atoms with E-state index in [0.717, 1.165) is 77.0 Å². The molecule has 0 unspecified atom stereocenters. The molecular formula is C63H108O6. The molecule has 1 atom stereocenters. The summed E-state index contributed by atoms with van der Waals surface area (Å²) in [5.41, 5.74) is 0. The predicted octanol–water partition coefficient (Wildman–Crippen LogP) is 19.5. The molecule has 0 radical (unpaired) electrons. The highest BCUT2D eigenvalue weighted by Gasteiger charge is 2.19. The molecule has 0 aromatic rings. The molecule has 0 aliphatic carbocycles. The molecule has 0 N–H and O–H groups in total. The van der Waals surface area contributed by atoms with Crippen LogP contribution in [0, 0.1) is 0 Å². The predicted molar refractivity (Wildman–Crippen MR) is 297 cm³/mol. The molecular weight excluding hydrogens is 853 g/mol. The molecule has 0 saturated heterocycles. The fraction of sp³-hybridized carbons (Fsp3) is 0.730. The maximum Gasteiger partial charge on any atom is 0.306 e. The molecule has 69 heavy (non-hydrogen) atoms. The molecule has 6 heteroatoms. The average Bonchev–Trinajstić information content (AvgIpc) is 3.35. The van der Waals surface area contributed by atoms with Gasteiger partial charge in [-0.05, 0) is 109 Å². The van der Waals surface area contributed by atoms with E-state index in [2.05, 4.69) is 106 Å². The standard InChI is InChI=1S/C63H108O6/c1-4-7-10-13-16-19-22-25-28-30-31-33-35-38-41-44-47-50-53-56-62(65)68-59-60(58-67-61(64)55-52-49-46-43-40-37-34-27-24-21-18-15-12-9-6-3)69-63(66)57-54-51-48-45-42-39-36-32-29-26-23-20-17-14-11-8-5-2/h8,11,17,20-21,24-26,28-29,36,39,45,48,60H,4-7,9-10,12-16,18-19,22-23,27,30-35,37-38,40-44,46-47,49-59H2,1-3H3/b11-8-,20-17-,24-21-,28-25-,29-26-,39-36-,48-45-/t60-/m0/s1. The average molecular weight is 962 g/mol. The van der Waals surface area contributed by atoms with Gasteiger partial charge in [0.1, 0.15) is 13.2 Å². The Morgan fingerprint density at radius 1 is 0.304 bits per heavy atom. The highest BCUT2D eigenvalue weighted by molar-refractivity contribution is 5.71. The van der Waals surface area contributed by atoms with Crippen LogP contribution in [0.2, 0.25) is 0 Å². The Morgan fingerprint density at radius 3 is 0.957 bits per heavy atom. The van der Waals surface area contributed by atoms with Crippen LogP contribution in [0.25, 0.3) is 0 Å². The van der Waals surface area contributed by atoms with E-state index in [1.165, 1.54) is 154 Å². The van der Waals surface area contributed by atoms with Gasteiger partial charge in [0.25, 0.3) is 0 Å². The van der Waals surface area contributed by atoms with E-state index in [-0.39, 0.29) is 37.5 Å². The van der Waals surface area contributed by atoms with E-state index < -0.39 is 6.10 Å². The van der Waals surface area contributed by atoms with Gasteiger partial charge in [0.05, 0.1) is 0 Å². The van der Waals surface area contributed by atoms with Crippen LogP contribution in [0.15, 0.2) is 85.1 Å². The van der Waals surface area contributed by atoms with Gasteiger partial charge in [-0.3, -0.25) is 14.4 Å². The molecule has 6 nitrogen and oxygen atoms in total. The first-order valence-electron chi connectivity index (χ1n) is 29.1. The van der Waals surface area contributed by atoms with E-state index >= 15 is 0 Å². The van der Waals surface area contributed by atoms with Crippen LogP contribution in [0.5, 0.6) is 0 Å². The van der Waals surface area contributed by atoms with Gasteiger partial charge in [0.2, 0.25) is 0 Å². The zero-order valence-electron chi connectivity index (χ0n) is 45.3. The SMILES string of the molecule is CC/C=C\C/C=C\C/C=C\C/C=C\C/C=C\CCCC(=O)O[C@@H](COC(=O)CCCCCCCCC/C=C\CCCCCC)COC(=O)CCCCCCCCCCC/C=C\CCCCCCCC. The second kappa shape index (κ2) is 57.2. The number of esters is 3. The number of rotatable bonds is 52. The first-order valence-corrected chi connectivity index (χ1v) is 29.1. The topological polar surface area (TPSA) is 78.9 Å². The molecule has 0 saturated carbocycles. The summed E-state index contributed by atoms with van der Waals surface area (Å²) in [4.78, 5) is 38.2. The Morgan fingerprint density at radius 2 is 0.580 bits per heavy atom. The lowest BCUT2D eigenvalue weighted by Gasteiger charge is -2.18. The first kappa shape index (κ1) is 65.6. The number of hydrogen-bond acceptors (Lipinski definition) is 6. The molecule has 0 heterocycles. The maximum atomic E-state index is 12.8. The summed E-state index contributed by atoms with van der Waals surface area (Å²) in [6.07, 6.45) is 74.3. The number of unbranched alkanes of at least 4 members (excludes halogenated alkanes) is 27. The largest absolute Gasteiger partial charge is 0.462 e. The quantitative estimate of drug-likeness (QED) is 0.0262. The Bertz CT molecular complexity index is 1330. The smallest absolute Gasteiger partial charge is 0.306 e. The second-order valence-electron chi connectivity index (χ2n) is 19.2. The molecule has 0 aromatic carbocycles. The zero-order chi connectivity index (χ0) is 50.0. The number of allylic oxidation sites excluding steroid dienone is 14. The van der Waals surface area contributed by atoms with Gasteiger partial charge >= 0.3 is 17.9 Å². The lowest BCUT2D eigenvalue weighted by atomic mass is 10.1. The van der Waals surface area contributed by atoms with Crippen molar-refractivity contribution in [3.63, 3.8) is 0 Å². The summed E-state index contributed by atoms with van der Waals surface area (Å²) in [5, 5.41) is 0. The molecule has 0 aliphatic rings. The van der Waals surface area contributed by atoms with Gasteiger partial charge in [-0.1, -0.05) is 234 Å². The third-order valence-electron chi connectivity index (χ3n) is 12.4. The number of carbonyl (C=O) groups excluding carboxylic acids is 3. The molecule has 0 aromatic heterocycles. The van der Waals surface area contributed by atoms with E-state index in [1.807, 2.05) is 0 Å². The monoisotopic (exact) mass is 961 g/mol. The Kier molecular flexibility index (Phi) is 54.3. The van der Waals surface area contributed by atoms with E-state index in [9.17, 15) is 14.4 Å². The normalized spacial score (nSPS) is 12.7. The highest BCUT2D eigenvalue weighted by Crippen LogP contribution is 2.15. The molecule has 0 rings (SSSR count). The van der Waals surface area contributed by atoms with Crippen LogP contribution >= 0.6 is 0 Å². The Balaban J connectivity index is 4.46. The van der Waals surface area contributed by atoms with Crippen molar-refractivity contribution in [3.8, 4) is 0 Å². The number of ether oxygens (including phenoxy) is 3. The molecule has 0 aliphatic heterocycles. The molecule has 396 valence electrons. The molecule has 0 amide bonds. The highest BCUT2D eigenvalue weighted by atomic mass is 16.6. The van der Waals surface area contributed by atoms with Crippen LogP contribution in [-0.4, -0.2) is 37.2 Å². The summed E-state index contributed by atoms with van der Waals surface area (Å²) in [5.74, 6) is -0.960. The van der Waals surface area contributed by atoms with Crippen molar-refractivity contribution in [2.75, 3.05) is 13.2 Å². The summed E-state index contributed by atoms with van der Waals surface area (Å²) in [6, 6.07) is 0. The minimum Gasteiger partial charge on any atom is -0.462 e. The molecule has 0 fully saturated rings. The maximum absolute atomic E-state index is 12.8. The third kappa shape index (κ3) is 55.4. The van der Waals surface area contributed by atoms with Crippen molar-refractivity contribution in [2.45, 2.75) is 284 Å².